The molecule has 31 heavy (non-hydrogen) atoms. The number of amides is 1. The fourth-order valence-corrected chi connectivity index (χ4v) is 4.79. The summed E-state index contributed by atoms with van der Waals surface area (Å²) in [7, 11) is -1.18. The molecule has 0 N–H and O–H groups in total. The van der Waals surface area contributed by atoms with Crippen molar-refractivity contribution in [2.24, 2.45) is 0 Å². The Bertz CT molecular complexity index is 966. The minimum Gasteiger partial charge on any atom is -0.337 e. The second-order valence-corrected chi connectivity index (χ2v) is 9.64. The second-order valence-electron chi connectivity index (χ2n) is 7.70. The molecule has 0 aliphatic carbocycles. The summed E-state index contributed by atoms with van der Waals surface area (Å²) in [6.45, 7) is 4.10. The molecule has 1 fully saturated rings. The average molecular weight is 446 g/mol. The summed E-state index contributed by atoms with van der Waals surface area (Å²) in [5.41, 5.74) is 1.73. The van der Waals surface area contributed by atoms with Crippen LogP contribution in [0, 0.1) is 0 Å². The molecule has 1 saturated heterocycles. The van der Waals surface area contributed by atoms with Crippen LogP contribution in [0.5, 0.6) is 0 Å². The molecule has 0 radical (unpaired) electrons. The van der Waals surface area contributed by atoms with E-state index in [0.29, 0.717) is 18.7 Å². The van der Waals surface area contributed by atoms with Gasteiger partial charge in [0.15, 0.2) is 0 Å². The number of benzene rings is 2. The van der Waals surface area contributed by atoms with Crippen LogP contribution < -0.4 is 0 Å². The van der Waals surface area contributed by atoms with Gasteiger partial charge in [0, 0.05) is 32.2 Å². The number of hydrogen-bond acceptors (Lipinski definition) is 5. The number of sulfonamides is 1. The predicted molar refractivity (Wildman–Crippen MR) is 120 cm³/mol. The maximum absolute atomic E-state index is 13.0. The van der Waals surface area contributed by atoms with E-state index in [1.807, 2.05) is 11.0 Å². The molecular weight excluding hydrogens is 414 g/mol. The molecule has 0 atom stereocenters. The van der Waals surface area contributed by atoms with E-state index >= 15 is 0 Å². The highest BCUT2D eigenvalue weighted by Gasteiger charge is 2.24. The standard InChI is InChI=1S/C23H31N3O4S/c1-24(30-2)31(28,29)22-13-6-12-21(19-22)23(27)26-16-8-15-25(17-18-26)14-7-11-20-9-4-3-5-10-20/h3-6,9-10,12-13,19H,7-8,11,14-18H2,1-2H3. The molecule has 0 unspecified atom stereocenters. The first-order valence-corrected chi connectivity index (χ1v) is 12.0. The van der Waals surface area contributed by atoms with Gasteiger partial charge in [0.1, 0.15) is 0 Å². The molecule has 1 amide bonds. The van der Waals surface area contributed by atoms with Crippen molar-refractivity contribution in [2.75, 3.05) is 46.9 Å². The first kappa shape index (κ1) is 23.4. The van der Waals surface area contributed by atoms with Gasteiger partial charge in [0.2, 0.25) is 0 Å². The Morgan fingerprint density at radius 2 is 1.81 bits per heavy atom. The van der Waals surface area contributed by atoms with Crippen molar-refractivity contribution in [2.45, 2.75) is 24.2 Å². The van der Waals surface area contributed by atoms with Gasteiger partial charge in [0.25, 0.3) is 15.9 Å². The minimum atomic E-state index is -3.79. The molecule has 1 heterocycles. The van der Waals surface area contributed by atoms with Gasteiger partial charge in [-0.05, 0) is 56.1 Å². The van der Waals surface area contributed by atoms with Crippen LogP contribution in [0.15, 0.2) is 59.5 Å². The fourth-order valence-electron chi connectivity index (χ4n) is 3.77. The number of hydrogen-bond donors (Lipinski definition) is 0. The molecular formula is C23H31N3O4S. The van der Waals surface area contributed by atoms with Crippen LogP contribution in [0.4, 0.5) is 0 Å². The number of nitrogens with zero attached hydrogens (tertiary/aromatic N) is 3. The third-order valence-electron chi connectivity index (χ3n) is 5.63. The lowest BCUT2D eigenvalue weighted by Gasteiger charge is -2.22. The number of aryl methyl sites for hydroxylation is 1. The van der Waals surface area contributed by atoms with Gasteiger partial charge in [-0.25, -0.2) is 8.42 Å². The highest BCUT2D eigenvalue weighted by atomic mass is 32.2. The van der Waals surface area contributed by atoms with E-state index in [9.17, 15) is 13.2 Å². The van der Waals surface area contributed by atoms with Crippen molar-refractivity contribution in [1.29, 1.82) is 0 Å². The summed E-state index contributed by atoms with van der Waals surface area (Å²) < 4.78 is 25.8. The van der Waals surface area contributed by atoms with Gasteiger partial charge in [-0.15, -0.1) is 0 Å². The lowest BCUT2D eigenvalue weighted by Crippen LogP contribution is -2.35. The van der Waals surface area contributed by atoms with Gasteiger partial charge in [0.05, 0.1) is 12.0 Å². The van der Waals surface area contributed by atoms with Crippen LogP contribution in [0.3, 0.4) is 0 Å². The van der Waals surface area contributed by atoms with E-state index in [2.05, 4.69) is 29.2 Å². The number of carbonyl (C=O) groups is 1. The maximum atomic E-state index is 13.0. The van der Waals surface area contributed by atoms with Gasteiger partial charge < -0.3 is 9.80 Å². The largest absolute Gasteiger partial charge is 0.337 e. The van der Waals surface area contributed by atoms with Crippen LogP contribution in [0.2, 0.25) is 0 Å². The van der Waals surface area contributed by atoms with E-state index in [1.165, 1.54) is 31.9 Å². The quantitative estimate of drug-likeness (QED) is 0.585. The molecule has 168 valence electrons. The van der Waals surface area contributed by atoms with Crippen LogP contribution in [0.1, 0.15) is 28.8 Å². The van der Waals surface area contributed by atoms with Crippen LogP contribution >= 0.6 is 0 Å². The number of carbonyl (C=O) groups excluding carboxylic acids is 1. The van der Waals surface area contributed by atoms with Crippen LogP contribution in [-0.2, 0) is 21.3 Å². The Morgan fingerprint density at radius 1 is 1.03 bits per heavy atom. The van der Waals surface area contributed by atoms with E-state index in [0.717, 1.165) is 43.4 Å². The minimum absolute atomic E-state index is 0.0417. The van der Waals surface area contributed by atoms with Gasteiger partial charge in [-0.3, -0.25) is 9.63 Å². The zero-order valence-corrected chi connectivity index (χ0v) is 19.1. The Hall–Kier alpha value is -2.26. The van der Waals surface area contributed by atoms with Crippen molar-refractivity contribution in [3.63, 3.8) is 0 Å². The van der Waals surface area contributed by atoms with Crippen molar-refractivity contribution < 1.29 is 18.0 Å². The van der Waals surface area contributed by atoms with Crippen molar-refractivity contribution in [3.05, 3.63) is 65.7 Å². The average Bonchev–Trinajstić information content (AvgIpc) is 3.04. The third-order valence-corrected chi connectivity index (χ3v) is 7.31. The summed E-state index contributed by atoms with van der Waals surface area (Å²) in [6.07, 6.45) is 3.05. The zero-order chi connectivity index (χ0) is 22.3. The Balaban J connectivity index is 1.57. The highest BCUT2D eigenvalue weighted by Crippen LogP contribution is 2.18. The first-order valence-electron chi connectivity index (χ1n) is 10.6. The topological polar surface area (TPSA) is 70.2 Å². The number of rotatable bonds is 8. The van der Waals surface area contributed by atoms with Crippen molar-refractivity contribution >= 4 is 15.9 Å². The Labute approximate surface area is 185 Å². The highest BCUT2D eigenvalue weighted by molar-refractivity contribution is 7.89. The molecule has 1 aliphatic heterocycles. The Morgan fingerprint density at radius 3 is 2.55 bits per heavy atom. The maximum Gasteiger partial charge on any atom is 0.264 e. The first-order chi connectivity index (χ1) is 14.9. The summed E-state index contributed by atoms with van der Waals surface area (Å²) in [5, 5.41) is 0. The zero-order valence-electron chi connectivity index (χ0n) is 18.2. The van der Waals surface area contributed by atoms with E-state index in [1.54, 1.807) is 12.1 Å². The van der Waals surface area contributed by atoms with Crippen LogP contribution in [0.25, 0.3) is 0 Å². The molecule has 0 saturated carbocycles. The smallest absolute Gasteiger partial charge is 0.264 e. The van der Waals surface area contributed by atoms with Gasteiger partial charge in [-0.2, -0.15) is 0 Å². The monoisotopic (exact) mass is 445 g/mol. The van der Waals surface area contributed by atoms with E-state index in [4.69, 9.17) is 4.84 Å². The third kappa shape index (κ3) is 6.13. The lowest BCUT2D eigenvalue weighted by atomic mass is 10.1. The summed E-state index contributed by atoms with van der Waals surface area (Å²) >= 11 is 0. The molecule has 8 heteroatoms. The lowest BCUT2D eigenvalue weighted by molar-refractivity contribution is -0.0258. The van der Waals surface area contributed by atoms with E-state index in [-0.39, 0.29) is 10.8 Å². The number of hydroxylamine groups is 1. The Kier molecular flexibility index (Phi) is 8.20. The van der Waals surface area contributed by atoms with Crippen LogP contribution in [-0.4, -0.2) is 75.5 Å². The van der Waals surface area contributed by atoms with E-state index < -0.39 is 10.0 Å². The summed E-state index contributed by atoms with van der Waals surface area (Å²) in [4.78, 5) is 22.1. The molecule has 7 nitrogen and oxygen atoms in total. The van der Waals surface area contributed by atoms with Gasteiger partial charge >= 0.3 is 0 Å². The summed E-state index contributed by atoms with van der Waals surface area (Å²) in [5.74, 6) is -0.136. The molecule has 0 aromatic heterocycles. The van der Waals surface area contributed by atoms with Crippen molar-refractivity contribution in [1.82, 2.24) is 14.3 Å². The molecule has 1 aliphatic rings. The summed E-state index contributed by atoms with van der Waals surface area (Å²) in [6, 6.07) is 16.6. The molecule has 2 aromatic carbocycles. The molecule has 3 rings (SSSR count). The SMILES string of the molecule is CON(C)S(=O)(=O)c1cccc(C(=O)N2CCCN(CCCc3ccccc3)CC2)c1. The predicted octanol–water partition coefficient (Wildman–Crippen LogP) is 2.65. The molecule has 0 bridgehead atoms. The molecule has 2 aromatic rings. The van der Waals surface area contributed by atoms with Crippen molar-refractivity contribution in [3.8, 4) is 0 Å². The molecule has 0 spiro atoms. The van der Waals surface area contributed by atoms with Gasteiger partial charge in [-0.1, -0.05) is 40.9 Å². The fraction of sp³-hybridized carbons (Fsp3) is 0.435. The second kappa shape index (κ2) is 10.9. The normalized spacial score (nSPS) is 15.8.